The number of carbonyl (C=O) groups is 3. The Morgan fingerprint density at radius 1 is 0.915 bits per heavy atom. The van der Waals surface area contributed by atoms with Crippen LogP contribution in [0.1, 0.15) is 44.2 Å². The monoisotopic (exact) mass is 638 g/mol. The Labute approximate surface area is 271 Å². The van der Waals surface area contributed by atoms with Crippen molar-refractivity contribution in [2.45, 2.75) is 50.8 Å². The Morgan fingerprint density at radius 3 is 2.21 bits per heavy atom. The maximum Gasteiger partial charge on any atom is 0.411 e. The topological polar surface area (TPSA) is 119 Å². The normalized spacial score (nSPS) is 17.1. The van der Waals surface area contributed by atoms with Crippen LogP contribution in [0.2, 0.25) is 0 Å². The molecule has 0 radical (unpaired) electrons. The number of halogens is 1. The molecular weight excluding hydrogens is 603 g/mol. The van der Waals surface area contributed by atoms with Gasteiger partial charge in [0.1, 0.15) is 24.1 Å². The highest BCUT2D eigenvalue weighted by molar-refractivity contribution is 5.97. The van der Waals surface area contributed by atoms with Gasteiger partial charge in [-0.2, -0.15) is 0 Å². The lowest BCUT2D eigenvalue weighted by molar-refractivity contribution is -0.120. The van der Waals surface area contributed by atoms with E-state index in [1.165, 1.54) is 33.9 Å². The fraction of sp³-hybridized carbons (Fsp3) is 0.278. The molecule has 10 nitrogen and oxygen atoms in total. The van der Waals surface area contributed by atoms with Crippen LogP contribution in [0.5, 0.6) is 0 Å². The van der Waals surface area contributed by atoms with E-state index in [0.29, 0.717) is 0 Å². The zero-order chi connectivity index (χ0) is 33.3. The van der Waals surface area contributed by atoms with Gasteiger partial charge in [-0.05, 0) is 67.6 Å². The van der Waals surface area contributed by atoms with Crippen molar-refractivity contribution in [2.24, 2.45) is 0 Å². The third kappa shape index (κ3) is 6.74. The van der Waals surface area contributed by atoms with Crippen LogP contribution in [-0.4, -0.2) is 58.4 Å². The Hall–Kier alpha value is -5.45. The van der Waals surface area contributed by atoms with Crippen LogP contribution in [0.3, 0.4) is 0 Å². The van der Waals surface area contributed by atoms with Crippen molar-refractivity contribution in [3.05, 3.63) is 118 Å². The summed E-state index contributed by atoms with van der Waals surface area (Å²) >= 11 is 0. The quantitative estimate of drug-likeness (QED) is 0.274. The molecule has 11 heteroatoms. The predicted octanol–water partition coefficient (Wildman–Crippen LogP) is 5.83. The van der Waals surface area contributed by atoms with Gasteiger partial charge in [-0.1, -0.05) is 54.6 Å². The lowest BCUT2D eigenvalue weighted by Crippen LogP contribution is -2.45. The molecule has 2 aliphatic rings. The van der Waals surface area contributed by atoms with Crippen LogP contribution in [0.25, 0.3) is 16.8 Å². The zero-order valence-electron chi connectivity index (χ0n) is 26.2. The van der Waals surface area contributed by atoms with Gasteiger partial charge < -0.3 is 20.1 Å². The van der Waals surface area contributed by atoms with Crippen LogP contribution in [0.15, 0.2) is 95.9 Å². The lowest BCUT2D eigenvalue weighted by Gasteiger charge is -2.28. The molecule has 0 saturated carbocycles. The second kappa shape index (κ2) is 12.7. The number of hydrogen-bond donors (Lipinski definition) is 2. The third-order valence-corrected chi connectivity index (χ3v) is 8.21. The molecule has 1 aliphatic heterocycles. The fourth-order valence-corrected chi connectivity index (χ4v) is 6.13. The number of likely N-dealkylation sites (tertiary alicyclic amines) is 1. The minimum atomic E-state index is -1.07. The van der Waals surface area contributed by atoms with Crippen LogP contribution < -0.4 is 16.2 Å². The molecule has 6 rings (SSSR count). The van der Waals surface area contributed by atoms with E-state index >= 15 is 4.39 Å². The highest BCUT2D eigenvalue weighted by atomic mass is 19.1. The van der Waals surface area contributed by atoms with Gasteiger partial charge in [0.25, 0.3) is 5.56 Å². The summed E-state index contributed by atoms with van der Waals surface area (Å²) in [6.45, 7) is 5.21. The first kappa shape index (κ1) is 31.5. The Kier molecular flexibility index (Phi) is 8.55. The van der Waals surface area contributed by atoms with Crippen LogP contribution in [-0.2, 0) is 14.3 Å². The highest BCUT2D eigenvalue weighted by Gasteiger charge is 2.42. The van der Waals surface area contributed by atoms with Crippen molar-refractivity contribution in [1.29, 1.82) is 0 Å². The number of nitrogens with one attached hydrogen (secondary N) is 2. The first-order valence-corrected chi connectivity index (χ1v) is 15.4. The third-order valence-electron chi connectivity index (χ3n) is 8.21. The number of anilines is 1. The van der Waals surface area contributed by atoms with E-state index in [4.69, 9.17) is 9.47 Å². The van der Waals surface area contributed by atoms with Crippen LogP contribution in [0, 0.1) is 5.82 Å². The van der Waals surface area contributed by atoms with Gasteiger partial charge >= 0.3 is 12.2 Å². The summed E-state index contributed by atoms with van der Waals surface area (Å²) in [5.41, 5.74) is 3.35. The summed E-state index contributed by atoms with van der Waals surface area (Å²) in [6.07, 6.45) is 0.138. The van der Waals surface area contributed by atoms with Gasteiger partial charge in [0.2, 0.25) is 5.91 Å². The Balaban J connectivity index is 1.14. The second-order valence-corrected chi connectivity index (χ2v) is 12.6. The zero-order valence-corrected chi connectivity index (χ0v) is 26.2. The number of carbonyl (C=O) groups excluding carboxylic acids is 3. The smallest absolute Gasteiger partial charge is 0.411 e. The maximum absolute atomic E-state index is 15.1. The number of benzene rings is 3. The molecule has 0 spiro atoms. The number of alkyl carbamates (subject to hydrolysis) is 1. The lowest BCUT2D eigenvalue weighted by atomic mass is 9.98. The van der Waals surface area contributed by atoms with Crippen molar-refractivity contribution >= 4 is 23.8 Å². The summed E-state index contributed by atoms with van der Waals surface area (Å²) in [5, 5.41) is 5.35. The van der Waals surface area contributed by atoms with Gasteiger partial charge in [0, 0.05) is 30.8 Å². The maximum atomic E-state index is 15.1. The van der Waals surface area contributed by atoms with E-state index in [1.807, 2.05) is 48.5 Å². The fourth-order valence-electron chi connectivity index (χ4n) is 6.13. The molecule has 1 aliphatic carbocycles. The Bertz CT molecular complexity index is 1860. The highest BCUT2D eigenvalue weighted by Crippen LogP contribution is 2.44. The van der Waals surface area contributed by atoms with Crippen LogP contribution in [0.4, 0.5) is 19.7 Å². The van der Waals surface area contributed by atoms with E-state index in [1.54, 1.807) is 32.9 Å². The van der Waals surface area contributed by atoms with Gasteiger partial charge in [0.05, 0.1) is 17.4 Å². The molecule has 2 atom stereocenters. The van der Waals surface area contributed by atoms with Crippen molar-refractivity contribution in [2.75, 3.05) is 18.5 Å². The SMILES string of the molecule is CC(C)(C)OC(=O)N1C[C@@H](NC(=O)OCC2c3ccccc3-c3ccccc32)C[C@H]1C(=O)Nc1ccc(-n2ccccc2=O)cc1F. The van der Waals surface area contributed by atoms with Crippen LogP contribution >= 0.6 is 0 Å². The van der Waals surface area contributed by atoms with E-state index in [-0.39, 0.29) is 42.4 Å². The number of fused-ring (bicyclic) bond motifs is 3. The number of hydrogen-bond acceptors (Lipinski definition) is 6. The average molecular weight is 639 g/mol. The van der Waals surface area contributed by atoms with Crippen molar-refractivity contribution in [3.8, 4) is 16.8 Å². The predicted molar refractivity (Wildman–Crippen MR) is 174 cm³/mol. The van der Waals surface area contributed by atoms with Gasteiger partial charge in [-0.3, -0.25) is 19.1 Å². The summed E-state index contributed by atoms with van der Waals surface area (Å²) in [7, 11) is 0. The van der Waals surface area contributed by atoms with Gasteiger partial charge in [-0.25, -0.2) is 14.0 Å². The van der Waals surface area contributed by atoms with Crippen molar-refractivity contribution < 1.29 is 28.2 Å². The number of ether oxygens (including phenoxy) is 2. The minimum absolute atomic E-state index is 0.0183. The van der Waals surface area contributed by atoms with E-state index in [2.05, 4.69) is 10.6 Å². The molecular formula is C36H35FN4O6. The summed E-state index contributed by atoms with van der Waals surface area (Å²) in [5.74, 6) is -1.55. The first-order chi connectivity index (χ1) is 22.5. The second-order valence-electron chi connectivity index (χ2n) is 12.6. The van der Waals surface area contributed by atoms with E-state index in [9.17, 15) is 19.2 Å². The standard InChI is InChI=1S/C36H35FN4O6/c1-36(2,3)47-35(45)41-20-22(38-34(44)46-21-28-26-12-6-4-10-24(26)25-11-5-7-13-27(25)28)18-31(41)33(43)39-30-16-15-23(19-29(30)37)40-17-9-8-14-32(40)42/h4-17,19,22,28,31H,18,20-21H2,1-3H3,(H,38,44)(H,39,43)/t22-,31-/m0/s1. The Morgan fingerprint density at radius 2 is 1.57 bits per heavy atom. The van der Waals surface area contributed by atoms with E-state index < -0.39 is 41.6 Å². The molecule has 1 fully saturated rings. The van der Waals surface area contributed by atoms with Crippen molar-refractivity contribution in [1.82, 2.24) is 14.8 Å². The largest absolute Gasteiger partial charge is 0.449 e. The summed E-state index contributed by atoms with van der Waals surface area (Å²) < 4.78 is 27.6. The van der Waals surface area contributed by atoms with Crippen molar-refractivity contribution in [3.63, 3.8) is 0 Å². The average Bonchev–Trinajstić information content (AvgIpc) is 3.60. The molecule has 2 heterocycles. The summed E-state index contributed by atoms with van der Waals surface area (Å²) in [4.78, 5) is 53.1. The molecule has 1 saturated heterocycles. The molecule has 3 aromatic carbocycles. The molecule has 242 valence electrons. The number of nitrogens with zero attached hydrogens (tertiary/aromatic N) is 2. The molecule has 4 aromatic rings. The number of pyridine rings is 1. The minimum Gasteiger partial charge on any atom is -0.449 e. The molecule has 0 unspecified atom stereocenters. The molecule has 1 aromatic heterocycles. The van der Waals surface area contributed by atoms with E-state index in [0.717, 1.165) is 28.3 Å². The number of aromatic nitrogens is 1. The summed E-state index contributed by atoms with van der Waals surface area (Å²) in [6, 6.07) is 22.9. The molecule has 47 heavy (non-hydrogen) atoms. The molecule has 2 N–H and O–H groups in total. The molecule has 0 bridgehead atoms. The van der Waals surface area contributed by atoms with Gasteiger partial charge in [0.15, 0.2) is 0 Å². The first-order valence-electron chi connectivity index (χ1n) is 15.4. The molecule has 3 amide bonds. The number of amides is 3. The number of rotatable bonds is 6. The van der Waals surface area contributed by atoms with Gasteiger partial charge in [-0.15, -0.1) is 0 Å².